The van der Waals surface area contributed by atoms with Gasteiger partial charge in [-0.2, -0.15) is 0 Å². The molecule has 1 rings (SSSR count). The second-order valence-electron chi connectivity index (χ2n) is 2.25. The Balaban J connectivity index is 2.61. The Labute approximate surface area is 63.4 Å². The quantitative estimate of drug-likeness (QED) is 0.469. The maximum atomic E-state index is 10.8. The number of hydrogen-bond donors (Lipinski definition) is 1. The van der Waals surface area contributed by atoms with Crippen molar-refractivity contribution in [3.63, 3.8) is 0 Å². The maximum absolute atomic E-state index is 10.8. The lowest BCUT2D eigenvalue weighted by atomic mass is 10.1. The summed E-state index contributed by atoms with van der Waals surface area (Å²) in [5, 5.41) is 0. The minimum absolute atomic E-state index is 0.0963. The van der Waals surface area contributed by atoms with Gasteiger partial charge in [0.15, 0.2) is 11.9 Å². The molecule has 5 nitrogen and oxygen atoms in total. The zero-order valence-corrected chi connectivity index (χ0v) is 6.07. The number of nitrogens with two attached hydrogens (primary N) is 1. The molecule has 62 valence electrons. The van der Waals surface area contributed by atoms with Crippen molar-refractivity contribution in [3.05, 3.63) is 0 Å². The first-order chi connectivity index (χ1) is 5.16. The number of methoxy groups -OCH3 is 1. The molecule has 2 unspecified atom stereocenters. The first kappa shape index (κ1) is 8.16. The van der Waals surface area contributed by atoms with Crippen molar-refractivity contribution in [3.8, 4) is 0 Å². The normalized spacial score (nSPS) is 30.5. The zero-order chi connectivity index (χ0) is 8.43. The Kier molecular flexibility index (Phi) is 2.21. The molecule has 0 saturated carbocycles. The van der Waals surface area contributed by atoms with Gasteiger partial charge in [-0.1, -0.05) is 0 Å². The van der Waals surface area contributed by atoms with Crippen LogP contribution in [-0.2, 0) is 19.1 Å². The molecule has 0 spiro atoms. The number of hydrogen-bond acceptors (Lipinski definition) is 5. The minimum Gasteiger partial charge on any atom is -0.467 e. The van der Waals surface area contributed by atoms with Crippen LogP contribution in [0.15, 0.2) is 0 Å². The Hall–Kier alpha value is -0.940. The van der Waals surface area contributed by atoms with Gasteiger partial charge in [-0.05, 0) is 0 Å². The van der Waals surface area contributed by atoms with E-state index in [4.69, 9.17) is 10.5 Å². The highest BCUT2D eigenvalue weighted by Crippen LogP contribution is 2.09. The van der Waals surface area contributed by atoms with Crippen LogP contribution >= 0.6 is 0 Å². The summed E-state index contributed by atoms with van der Waals surface area (Å²) in [5.74, 6) is -0.858. The third-order valence-electron chi connectivity index (χ3n) is 1.54. The first-order valence-electron chi connectivity index (χ1n) is 3.14. The van der Waals surface area contributed by atoms with Crippen molar-refractivity contribution >= 4 is 11.8 Å². The van der Waals surface area contributed by atoms with Gasteiger partial charge in [0.1, 0.15) is 12.6 Å². The summed E-state index contributed by atoms with van der Waals surface area (Å²) >= 11 is 0. The minimum atomic E-state index is -0.910. The molecule has 1 heterocycles. The summed E-state index contributed by atoms with van der Waals surface area (Å²) < 4.78 is 9.14. The number of carbonyl (C=O) groups is 2. The van der Waals surface area contributed by atoms with Crippen LogP contribution < -0.4 is 5.73 Å². The van der Waals surface area contributed by atoms with E-state index in [9.17, 15) is 9.59 Å². The van der Waals surface area contributed by atoms with E-state index in [1.54, 1.807) is 0 Å². The predicted octanol–water partition coefficient (Wildman–Crippen LogP) is -1.55. The summed E-state index contributed by atoms with van der Waals surface area (Å²) in [7, 11) is 1.22. The highest BCUT2D eigenvalue weighted by atomic mass is 16.6. The van der Waals surface area contributed by atoms with Gasteiger partial charge < -0.3 is 15.2 Å². The van der Waals surface area contributed by atoms with Gasteiger partial charge in [-0.25, -0.2) is 4.79 Å². The van der Waals surface area contributed by atoms with Crippen LogP contribution in [0.3, 0.4) is 0 Å². The molecular weight excluding hydrogens is 150 g/mol. The average Bonchev–Trinajstić information content (AvgIpc) is 2.32. The van der Waals surface area contributed by atoms with Crippen molar-refractivity contribution in [2.45, 2.75) is 12.1 Å². The van der Waals surface area contributed by atoms with E-state index in [-0.39, 0.29) is 12.4 Å². The van der Waals surface area contributed by atoms with E-state index in [1.165, 1.54) is 7.11 Å². The summed E-state index contributed by atoms with van der Waals surface area (Å²) in [4.78, 5) is 21.5. The van der Waals surface area contributed by atoms with E-state index in [0.717, 1.165) is 0 Å². The molecule has 2 N–H and O–H groups in total. The zero-order valence-electron chi connectivity index (χ0n) is 6.07. The number of Topliss-reactive ketones (excluding diaryl/α,β-unsaturated/α-hetero) is 1. The monoisotopic (exact) mass is 159 g/mol. The third-order valence-corrected chi connectivity index (χ3v) is 1.54. The van der Waals surface area contributed by atoms with Gasteiger partial charge in [0.2, 0.25) is 0 Å². The molecular formula is C6H9NO4. The number of rotatable bonds is 1. The largest absolute Gasteiger partial charge is 0.467 e. The number of ether oxygens (including phenoxy) is 2. The van der Waals surface area contributed by atoms with Crippen LogP contribution in [0.25, 0.3) is 0 Å². The SMILES string of the molecule is COC(=O)C1OCC(=O)C1N. The molecule has 11 heavy (non-hydrogen) atoms. The summed E-state index contributed by atoms with van der Waals surface area (Å²) in [6.45, 7) is -0.0963. The highest BCUT2D eigenvalue weighted by Gasteiger charge is 2.38. The predicted molar refractivity (Wildman–Crippen MR) is 34.7 cm³/mol. The van der Waals surface area contributed by atoms with Crippen LogP contribution in [0.1, 0.15) is 0 Å². The van der Waals surface area contributed by atoms with Crippen molar-refractivity contribution in [1.82, 2.24) is 0 Å². The molecule has 0 amide bonds. The third kappa shape index (κ3) is 1.38. The van der Waals surface area contributed by atoms with Gasteiger partial charge in [-0.15, -0.1) is 0 Å². The average molecular weight is 159 g/mol. The molecule has 0 aromatic carbocycles. The fourth-order valence-electron chi connectivity index (χ4n) is 0.871. The second-order valence-corrected chi connectivity index (χ2v) is 2.25. The topological polar surface area (TPSA) is 78.6 Å². The van der Waals surface area contributed by atoms with Gasteiger partial charge in [0.25, 0.3) is 0 Å². The van der Waals surface area contributed by atoms with Crippen LogP contribution in [0.2, 0.25) is 0 Å². The fourth-order valence-corrected chi connectivity index (χ4v) is 0.871. The molecule has 2 atom stereocenters. The van der Waals surface area contributed by atoms with E-state index < -0.39 is 18.1 Å². The van der Waals surface area contributed by atoms with Crippen molar-refractivity contribution in [1.29, 1.82) is 0 Å². The first-order valence-corrected chi connectivity index (χ1v) is 3.14. The molecule has 1 aliphatic rings. The Morgan fingerprint density at radius 2 is 2.45 bits per heavy atom. The summed E-state index contributed by atoms with van der Waals surface area (Å²) in [6.07, 6.45) is -0.910. The molecule has 1 saturated heterocycles. The van der Waals surface area contributed by atoms with E-state index >= 15 is 0 Å². The number of esters is 1. The van der Waals surface area contributed by atoms with Crippen LogP contribution in [0.4, 0.5) is 0 Å². The fraction of sp³-hybridized carbons (Fsp3) is 0.667. The standard InChI is InChI=1S/C6H9NO4/c1-10-6(9)5-4(7)3(8)2-11-5/h4-5H,2,7H2,1H3. The smallest absolute Gasteiger partial charge is 0.337 e. The van der Waals surface area contributed by atoms with Crippen molar-refractivity contribution < 1.29 is 19.1 Å². The molecule has 1 aliphatic heterocycles. The molecule has 0 bridgehead atoms. The van der Waals surface area contributed by atoms with Gasteiger partial charge >= 0.3 is 5.97 Å². The molecule has 0 aromatic rings. The summed E-state index contributed by atoms with van der Waals surface area (Å²) in [5.41, 5.74) is 5.32. The lowest BCUT2D eigenvalue weighted by molar-refractivity contribution is -0.151. The highest BCUT2D eigenvalue weighted by molar-refractivity contribution is 5.94. The molecule has 0 radical (unpaired) electrons. The van der Waals surface area contributed by atoms with Gasteiger partial charge in [0, 0.05) is 0 Å². The van der Waals surface area contributed by atoms with E-state index in [0.29, 0.717) is 0 Å². The van der Waals surface area contributed by atoms with E-state index in [1.807, 2.05) is 0 Å². The number of ketones is 1. The van der Waals surface area contributed by atoms with Crippen LogP contribution in [0, 0.1) is 0 Å². The lowest BCUT2D eigenvalue weighted by Gasteiger charge is -2.09. The van der Waals surface area contributed by atoms with E-state index in [2.05, 4.69) is 4.74 Å². The Bertz CT molecular complexity index is 191. The van der Waals surface area contributed by atoms with Crippen molar-refractivity contribution in [2.24, 2.45) is 5.73 Å². The lowest BCUT2D eigenvalue weighted by Crippen LogP contribution is -2.41. The van der Waals surface area contributed by atoms with Crippen LogP contribution in [0.5, 0.6) is 0 Å². The Morgan fingerprint density at radius 1 is 1.82 bits per heavy atom. The second kappa shape index (κ2) is 2.98. The molecule has 0 aromatic heterocycles. The molecule has 0 aliphatic carbocycles. The van der Waals surface area contributed by atoms with Gasteiger partial charge in [0.05, 0.1) is 7.11 Å². The number of carbonyl (C=O) groups excluding carboxylic acids is 2. The van der Waals surface area contributed by atoms with Crippen LogP contribution in [-0.4, -0.2) is 37.6 Å². The molecule has 1 fully saturated rings. The Morgan fingerprint density at radius 3 is 2.82 bits per heavy atom. The maximum Gasteiger partial charge on any atom is 0.337 e. The molecule has 5 heteroatoms. The van der Waals surface area contributed by atoms with Crippen molar-refractivity contribution in [2.75, 3.05) is 13.7 Å². The van der Waals surface area contributed by atoms with Gasteiger partial charge in [-0.3, -0.25) is 4.79 Å². The summed E-state index contributed by atoms with van der Waals surface area (Å²) in [6, 6.07) is -0.859.